The molecular formula is C17H32O3. The molecule has 0 amide bonds. The summed E-state index contributed by atoms with van der Waals surface area (Å²) >= 11 is 0. The van der Waals surface area contributed by atoms with Crippen LogP contribution in [-0.4, -0.2) is 18.9 Å². The van der Waals surface area contributed by atoms with Gasteiger partial charge in [-0.1, -0.05) is 47.5 Å². The van der Waals surface area contributed by atoms with Gasteiger partial charge in [0.2, 0.25) is 6.29 Å². The molecule has 3 nitrogen and oxygen atoms in total. The van der Waals surface area contributed by atoms with Gasteiger partial charge in [-0.15, -0.1) is 0 Å². The zero-order valence-electron chi connectivity index (χ0n) is 13.9. The van der Waals surface area contributed by atoms with Crippen LogP contribution in [0.1, 0.15) is 73.1 Å². The maximum absolute atomic E-state index is 11.4. The fourth-order valence-corrected chi connectivity index (χ4v) is 3.03. The highest BCUT2D eigenvalue weighted by molar-refractivity contribution is 5.68. The van der Waals surface area contributed by atoms with E-state index in [1.54, 1.807) is 0 Å². The first-order valence-electron chi connectivity index (χ1n) is 8.15. The number of hydrogen-bond acceptors (Lipinski definition) is 3. The van der Waals surface area contributed by atoms with E-state index in [-0.39, 0.29) is 18.2 Å². The van der Waals surface area contributed by atoms with Crippen molar-refractivity contribution in [1.82, 2.24) is 0 Å². The molecule has 0 saturated heterocycles. The summed E-state index contributed by atoms with van der Waals surface area (Å²) in [4.78, 5) is 11.4. The van der Waals surface area contributed by atoms with Crippen molar-refractivity contribution in [2.75, 3.05) is 6.61 Å². The second-order valence-electron chi connectivity index (χ2n) is 7.24. The van der Waals surface area contributed by atoms with Crippen LogP contribution in [0.15, 0.2) is 0 Å². The van der Waals surface area contributed by atoms with Crippen LogP contribution < -0.4 is 0 Å². The molecule has 0 N–H and O–H groups in total. The van der Waals surface area contributed by atoms with E-state index >= 15 is 0 Å². The van der Waals surface area contributed by atoms with E-state index in [2.05, 4.69) is 13.8 Å². The van der Waals surface area contributed by atoms with Crippen molar-refractivity contribution in [3.8, 4) is 0 Å². The lowest BCUT2D eigenvalue weighted by atomic mass is 9.71. The van der Waals surface area contributed by atoms with Gasteiger partial charge in [0.15, 0.2) is 0 Å². The first kappa shape index (κ1) is 17.5. The van der Waals surface area contributed by atoms with Crippen LogP contribution >= 0.6 is 0 Å². The topological polar surface area (TPSA) is 35.5 Å². The Morgan fingerprint density at radius 2 is 2.05 bits per heavy atom. The highest BCUT2D eigenvalue weighted by atomic mass is 16.7. The molecule has 118 valence electrons. The third-order valence-electron chi connectivity index (χ3n) is 4.20. The number of rotatable bonds is 7. The van der Waals surface area contributed by atoms with E-state index in [4.69, 9.17) is 9.47 Å². The van der Waals surface area contributed by atoms with E-state index in [1.165, 1.54) is 25.7 Å². The highest BCUT2D eigenvalue weighted by Crippen LogP contribution is 2.39. The van der Waals surface area contributed by atoms with Crippen LogP contribution in [-0.2, 0) is 14.3 Å². The Morgan fingerprint density at radius 1 is 1.35 bits per heavy atom. The molecule has 0 heterocycles. The van der Waals surface area contributed by atoms with Crippen molar-refractivity contribution in [2.24, 2.45) is 17.3 Å². The van der Waals surface area contributed by atoms with Gasteiger partial charge in [0, 0.05) is 12.3 Å². The zero-order chi connectivity index (χ0) is 15.2. The average molecular weight is 284 g/mol. The number of hydrogen-bond donors (Lipinski definition) is 0. The smallest absolute Gasteiger partial charge is 0.307 e. The Bertz CT molecular complexity index is 297. The minimum Gasteiger partial charge on any atom is -0.435 e. The zero-order valence-corrected chi connectivity index (χ0v) is 13.9. The van der Waals surface area contributed by atoms with Crippen LogP contribution in [0.25, 0.3) is 0 Å². The molecule has 0 aromatic carbocycles. The second-order valence-corrected chi connectivity index (χ2v) is 7.24. The van der Waals surface area contributed by atoms with Gasteiger partial charge in [-0.3, -0.25) is 4.79 Å². The lowest BCUT2D eigenvalue weighted by Crippen LogP contribution is -2.28. The fourth-order valence-electron chi connectivity index (χ4n) is 3.03. The molecule has 0 aromatic heterocycles. The quantitative estimate of drug-likeness (QED) is 0.508. The van der Waals surface area contributed by atoms with Gasteiger partial charge in [-0.2, -0.15) is 0 Å². The van der Waals surface area contributed by atoms with E-state index in [1.807, 2.05) is 20.8 Å². The van der Waals surface area contributed by atoms with Crippen LogP contribution in [0.2, 0.25) is 0 Å². The van der Waals surface area contributed by atoms with E-state index in [0.717, 1.165) is 12.3 Å². The molecule has 1 aliphatic rings. The maximum Gasteiger partial charge on any atom is 0.307 e. The Balaban J connectivity index is 2.31. The Hall–Kier alpha value is -0.570. The molecular weight excluding hydrogens is 252 g/mol. The van der Waals surface area contributed by atoms with Crippen LogP contribution in [0.3, 0.4) is 0 Å². The first-order valence-corrected chi connectivity index (χ1v) is 8.15. The monoisotopic (exact) mass is 284 g/mol. The van der Waals surface area contributed by atoms with Crippen LogP contribution in [0, 0.1) is 17.3 Å². The van der Waals surface area contributed by atoms with Gasteiger partial charge in [-0.05, 0) is 30.6 Å². The van der Waals surface area contributed by atoms with Gasteiger partial charge in [0.1, 0.15) is 0 Å². The van der Waals surface area contributed by atoms with Crippen LogP contribution in [0.5, 0.6) is 0 Å². The Morgan fingerprint density at radius 3 is 2.60 bits per heavy atom. The van der Waals surface area contributed by atoms with E-state index in [9.17, 15) is 4.79 Å². The van der Waals surface area contributed by atoms with Gasteiger partial charge >= 0.3 is 5.97 Å². The summed E-state index contributed by atoms with van der Waals surface area (Å²) in [5.41, 5.74) is 0.481. The van der Waals surface area contributed by atoms with Crippen molar-refractivity contribution in [3.63, 3.8) is 0 Å². The van der Waals surface area contributed by atoms with Crippen molar-refractivity contribution in [2.45, 2.75) is 79.4 Å². The van der Waals surface area contributed by atoms with Crippen molar-refractivity contribution >= 4 is 5.97 Å². The molecule has 1 aliphatic carbocycles. The van der Waals surface area contributed by atoms with Gasteiger partial charge in [0.25, 0.3) is 0 Å². The maximum atomic E-state index is 11.4. The Kier molecular flexibility index (Phi) is 7.01. The molecule has 0 radical (unpaired) electrons. The first-order chi connectivity index (χ1) is 9.34. The number of esters is 1. The van der Waals surface area contributed by atoms with E-state index in [0.29, 0.717) is 18.4 Å². The van der Waals surface area contributed by atoms with Gasteiger partial charge in [0.05, 0.1) is 6.61 Å². The molecule has 2 unspecified atom stereocenters. The van der Waals surface area contributed by atoms with Gasteiger partial charge in [-0.25, -0.2) is 0 Å². The summed E-state index contributed by atoms with van der Waals surface area (Å²) in [6.45, 7) is 11.3. The van der Waals surface area contributed by atoms with Crippen molar-refractivity contribution in [3.05, 3.63) is 0 Å². The molecule has 0 aliphatic heterocycles. The average Bonchev–Trinajstić information content (AvgIpc) is 2.36. The number of carbonyl (C=O) groups is 1. The molecule has 2 atom stereocenters. The summed E-state index contributed by atoms with van der Waals surface area (Å²) in [5.74, 6) is 0.782. The highest BCUT2D eigenvalue weighted by Gasteiger charge is 2.28. The summed E-state index contributed by atoms with van der Waals surface area (Å²) in [7, 11) is 0. The lowest BCUT2D eigenvalue weighted by molar-refractivity contribution is -0.189. The Labute approximate surface area is 124 Å². The van der Waals surface area contributed by atoms with E-state index < -0.39 is 0 Å². The summed E-state index contributed by atoms with van der Waals surface area (Å²) < 4.78 is 11.1. The van der Waals surface area contributed by atoms with Crippen molar-refractivity contribution in [1.29, 1.82) is 0 Å². The molecule has 0 aromatic rings. The molecule has 20 heavy (non-hydrogen) atoms. The third kappa shape index (κ3) is 6.25. The van der Waals surface area contributed by atoms with Crippen molar-refractivity contribution < 1.29 is 14.3 Å². The number of carbonyl (C=O) groups excluding carboxylic acids is 1. The predicted molar refractivity (Wildman–Crippen MR) is 81.3 cm³/mol. The summed E-state index contributed by atoms with van der Waals surface area (Å²) in [5, 5.41) is 0. The number of ether oxygens (including phenoxy) is 2. The minimum absolute atomic E-state index is 0.178. The summed E-state index contributed by atoms with van der Waals surface area (Å²) in [6.07, 6.45) is 6.37. The molecule has 1 saturated carbocycles. The van der Waals surface area contributed by atoms with Gasteiger partial charge < -0.3 is 9.47 Å². The normalized spacial score (nSPS) is 23.6. The summed E-state index contributed by atoms with van der Waals surface area (Å²) in [6, 6.07) is 0. The molecule has 0 spiro atoms. The lowest BCUT2D eigenvalue weighted by Gasteiger charge is -2.35. The molecule has 0 bridgehead atoms. The molecule has 1 rings (SSSR count). The second kappa shape index (κ2) is 8.02. The fraction of sp³-hybridized carbons (Fsp3) is 0.941. The van der Waals surface area contributed by atoms with Crippen LogP contribution in [0.4, 0.5) is 0 Å². The standard InChI is InChI=1S/C17H32O3/c1-6-15(18)20-16(13(2)3)19-11-9-14-8-7-10-17(4,5)12-14/h13-14,16H,6-12H2,1-5H3. The largest absolute Gasteiger partial charge is 0.435 e. The SMILES string of the molecule is CCC(=O)OC(OCCC1CCCC(C)(C)C1)C(C)C. The molecule has 3 heteroatoms. The third-order valence-corrected chi connectivity index (χ3v) is 4.20. The minimum atomic E-state index is -0.390. The molecule has 1 fully saturated rings. The predicted octanol–water partition coefficient (Wildman–Crippen LogP) is 4.54.